The lowest BCUT2D eigenvalue weighted by molar-refractivity contribution is 0.325. The fraction of sp³-hybridized carbons (Fsp3) is 1.00. The molecule has 0 aliphatic carbocycles. The molecule has 13 heavy (non-hydrogen) atoms. The van der Waals surface area contributed by atoms with Crippen molar-refractivity contribution >= 4 is 9.20 Å². The van der Waals surface area contributed by atoms with E-state index in [0.717, 1.165) is 6.61 Å². The molecule has 2 nitrogen and oxygen atoms in total. The average molecular weight is 203 g/mol. The molecule has 2 unspecified atom stereocenters. The smallest absolute Gasteiger partial charge is 0.252 e. The van der Waals surface area contributed by atoms with Crippen LogP contribution in [-0.4, -0.2) is 21.9 Å². The van der Waals surface area contributed by atoms with Crippen LogP contribution in [0, 0.1) is 0 Å². The molecule has 0 aromatic carbocycles. The summed E-state index contributed by atoms with van der Waals surface area (Å²) in [4.78, 5) is 3.62. The van der Waals surface area contributed by atoms with E-state index in [9.17, 15) is 0 Å². The molecule has 0 rings (SSSR count). The fourth-order valence-corrected chi connectivity index (χ4v) is 3.72. The van der Waals surface area contributed by atoms with Crippen LogP contribution < -0.4 is 4.98 Å². The lowest BCUT2D eigenvalue weighted by Crippen LogP contribution is -2.42. The fourth-order valence-electron chi connectivity index (χ4n) is 1.24. The summed E-state index contributed by atoms with van der Waals surface area (Å²) in [6, 6.07) is 1.90. The van der Waals surface area contributed by atoms with Gasteiger partial charge in [-0.2, -0.15) is 0 Å². The topological polar surface area (TPSA) is 21.3 Å². The van der Waals surface area contributed by atoms with E-state index in [4.69, 9.17) is 4.43 Å². The van der Waals surface area contributed by atoms with Gasteiger partial charge in [0.05, 0.1) is 0 Å². The highest BCUT2D eigenvalue weighted by molar-refractivity contribution is 6.48. The molecule has 0 radical (unpaired) electrons. The van der Waals surface area contributed by atoms with Crippen LogP contribution in [0.5, 0.6) is 0 Å². The van der Waals surface area contributed by atoms with Gasteiger partial charge in [-0.25, -0.2) is 0 Å². The number of rotatable bonds is 8. The van der Waals surface area contributed by atoms with Crippen molar-refractivity contribution in [1.82, 2.24) is 4.98 Å². The molecule has 0 amide bonds. The van der Waals surface area contributed by atoms with Gasteiger partial charge in [0.25, 0.3) is 9.20 Å². The molecular weight excluding hydrogens is 178 g/mol. The molecule has 1 N–H and O–H groups in total. The average Bonchev–Trinajstić information content (AvgIpc) is 2.14. The van der Waals surface area contributed by atoms with Crippen molar-refractivity contribution in [3.8, 4) is 0 Å². The molecule has 0 saturated carbocycles. The van der Waals surface area contributed by atoms with E-state index < -0.39 is 9.20 Å². The maximum Gasteiger partial charge on any atom is 0.252 e. The Morgan fingerprint density at radius 2 is 2.00 bits per heavy atom. The van der Waals surface area contributed by atoms with E-state index in [1.807, 2.05) is 0 Å². The molecule has 0 spiro atoms. The molecule has 0 saturated heterocycles. The second-order valence-corrected chi connectivity index (χ2v) is 5.78. The van der Waals surface area contributed by atoms with Crippen molar-refractivity contribution in [3.63, 3.8) is 0 Å². The molecule has 0 aliphatic rings. The van der Waals surface area contributed by atoms with Crippen LogP contribution in [0.25, 0.3) is 0 Å². The van der Waals surface area contributed by atoms with E-state index in [2.05, 4.69) is 32.7 Å². The first-order valence-corrected chi connectivity index (χ1v) is 7.48. The minimum absolute atomic E-state index is 0.625. The van der Waals surface area contributed by atoms with Crippen molar-refractivity contribution in [2.24, 2.45) is 0 Å². The predicted octanol–water partition coefficient (Wildman–Crippen LogP) is 2.43. The lowest BCUT2D eigenvalue weighted by atomic mass is 10.3. The summed E-state index contributed by atoms with van der Waals surface area (Å²) in [5, 5.41) is 0. The molecule has 2 atom stereocenters. The molecular formula is C10H25NOSi. The van der Waals surface area contributed by atoms with Gasteiger partial charge >= 0.3 is 0 Å². The summed E-state index contributed by atoms with van der Waals surface area (Å²) in [6.07, 6.45) is 3.78. The summed E-state index contributed by atoms with van der Waals surface area (Å²) in [5.41, 5.74) is 0. The highest BCUT2D eigenvalue weighted by Crippen LogP contribution is 2.02. The SMILES string of the molecule is CCCC[SiH](NC(C)CC)OCC. The minimum atomic E-state index is -1.08. The third-order valence-electron chi connectivity index (χ3n) is 2.27. The minimum Gasteiger partial charge on any atom is -0.406 e. The highest BCUT2D eigenvalue weighted by Gasteiger charge is 2.12. The van der Waals surface area contributed by atoms with Gasteiger partial charge in [0.15, 0.2) is 0 Å². The Hall–Kier alpha value is 0.137. The maximum atomic E-state index is 5.74. The first kappa shape index (κ1) is 13.1. The lowest BCUT2D eigenvalue weighted by Gasteiger charge is -2.20. The van der Waals surface area contributed by atoms with E-state index in [-0.39, 0.29) is 0 Å². The van der Waals surface area contributed by atoms with E-state index in [0.29, 0.717) is 6.04 Å². The predicted molar refractivity (Wildman–Crippen MR) is 61.4 cm³/mol. The van der Waals surface area contributed by atoms with Gasteiger partial charge in [0.2, 0.25) is 0 Å². The van der Waals surface area contributed by atoms with Crippen LogP contribution in [0.15, 0.2) is 0 Å². The quantitative estimate of drug-likeness (QED) is 0.612. The van der Waals surface area contributed by atoms with Gasteiger partial charge in [0.1, 0.15) is 0 Å². The summed E-state index contributed by atoms with van der Waals surface area (Å²) >= 11 is 0. The Morgan fingerprint density at radius 1 is 1.31 bits per heavy atom. The zero-order valence-electron chi connectivity index (χ0n) is 9.60. The number of hydrogen-bond donors (Lipinski definition) is 1. The Labute approximate surface area is 84.9 Å². The Kier molecular flexibility index (Phi) is 8.81. The maximum absolute atomic E-state index is 5.74. The molecule has 0 fully saturated rings. The second-order valence-electron chi connectivity index (χ2n) is 3.56. The monoisotopic (exact) mass is 203 g/mol. The highest BCUT2D eigenvalue weighted by atomic mass is 28.3. The van der Waals surface area contributed by atoms with Gasteiger partial charge in [-0.1, -0.05) is 33.6 Å². The van der Waals surface area contributed by atoms with Crippen molar-refractivity contribution < 1.29 is 4.43 Å². The molecule has 3 heteroatoms. The largest absolute Gasteiger partial charge is 0.406 e. The molecule has 0 bridgehead atoms. The summed E-state index contributed by atoms with van der Waals surface area (Å²) in [6.45, 7) is 9.65. The molecule has 0 heterocycles. The number of hydrogen-bond acceptors (Lipinski definition) is 2. The standard InChI is InChI=1S/C10H25NOSi/c1-5-8-9-13(12-7-3)11-10(4)6-2/h10-11,13H,5-9H2,1-4H3. The summed E-state index contributed by atoms with van der Waals surface area (Å²) < 4.78 is 5.74. The van der Waals surface area contributed by atoms with Gasteiger partial charge in [-0.05, 0) is 25.4 Å². The zero-order chi connectivity index (χ0) is 10.1. The third kappa shape index (κ3) is 7.23. The Balaban J connectivity index is 3.65. The van der Waals surface area contributed by atoms with Crippen molar-refractivity contribution in [3.05, 3.63) is 0 Å². The van der Waals surface area contributed by atoms with Crippen LogP contribution in [0.1, 0.15) is 47.0 Å². The molecule has 80 valence electrons. The van der Waals surface area contributed by atoms with Gasteiger partial charge < -0.3 is 9.41 Å². The zero-order valence-corrected chi connectivity index (χ0v) is 10.8. The third-order valence-corrected chi connectivity index (χ3v) is 4.88. The normalized spacial score (nSPS) is 15.7. The Morgan fingerprint density at radius 3 is 2.46 bits per heavy atom. The molecule has 0 aliphatic heterocycles. The number of nitrogens with one attached hydrogen (secondary N) is 1. The number of unbranched alkanes of at least 4 members (excludes halogenated alkanes) is 1. The molecule has 0 aromatic rings. The van der Waals surface area contributed by atoms with Gasteiger partial charge in [-0.15, -0.1) is 0 Å². The van der Waals surface area contributed by atoms with Crippen LogP contribution >= 0.6 is 0 Å². The first-order valence-electron chi connectivity index (χ1n) is 5.62. The first-order chi connectivity index (χ1) is 6.24. The second kappa shape index (κ2) is 8.72. The van der Waals surface area contributed by atoms with Crippen molar-refractivity contribution in [1.29, 1.82) is 0 Å². The van der Waals surface area contributed by atoms with Crippen LogP contribution in [0.2, 0.25) is 6.04 Å². The van der Waals surface area contributed by atoms with Gasteiger partial charge in [-0.3, -0.25) is 0 Å². The summed E-state index contributed by atoms with van der Waals surface area (Å²) in [7, 11) is -1.08. The van der Waals surface area contributed by atoms with Crippen LogP contribution in [0.3, 0.4) is 0 Å². The van der Waals surface area contributed by atoms with Crippen molar-refractivity contribution in [2.75, 3.05) is 6.61 Å². The van der Waals surface area contributed by atoms with E-state index in [1.54, 1.807) is 0 Å². The molecule has 0 aromatic heterocycles. The van der Waals surface area contributed by atoms with Crippen LogP contribution in [-0.2, 0) is 4.43 Å². The van der Waals surface area contributed by atoms with E-state index >= 15 is 0 Å². The van der Waals surface area contributed by atoms with E-state index in [1.165, 1.54) is 25.3 Å². The van der Waals surface area contributed by atoms with Crippen molar-refractivity contribution in [2.45, 2.75) is 59.0 Å². The van der Waals surface area contributed by atoms with Crippen LogP contribution in [0.4, 0.5) is 0 Å². The summed E-state index contributed by atoms with van der Waals surface area (Å²) in [5.74, 6) is 0. The Bertz CT molecular complexity index is 111. The van der Waals surface area contributed by atoms with Gasteiger partial charge in [0, 0.05) is 6.61 Å².